The van der Waals surface area contributed by atoms with Crippen molar-refractivity contribution in [3.8, 4) is 0 Å². The van der Waals surface area contributed by atoms with Crippen molar-refractivity contribution in [3.05, 3.63) is 18.1 Å². The van der Waals surface area contributed by atoms with E-state index >= 15 is 0 Å². The molecule has 116 valence electrons. The van der Waals surface area contributed by atoms with Crippen LogP contribution in [-0.4, -0.2) is 41.9 Å². The molecule has 0 radical (unpaired) electrons. The van der Waals surface area contributed by atoms with Crippen LogP contribution < -0.4 is 16.0 Å². The lowest BCUT2D eigenvalue weighted by molar-refractivity contribution is -0.128. The van der Waals surface area contributed by atoms with Crippen LogP contribution in [0.3, 0.4) is 0 Å². The van der Waals surface area contributed by atoms with Gasteiger partial charge in [0.1, 0.15) is 11.5 Å². The Morgan fingerprint density at radius 3 is 2.62 bits per heavy atom. The van der Waals surface area contributed by atoms with Crippen molar-refractivity contribution in [2.75, 3.05) is 25.5 Å². The molecule has 3 N–H and O–H groups in total. The molecule has 2 amide bonds. The van der Waals surface area contributed by atoms with Crippen LogP contribution in [0.2, 0.25) is 0 Å². The second kappa shape index (κ2) is 7.56. The lowest BCUT2D eigenvalue weighted by Crippen LogP contribution is -2.43. The van der Waals surface area contributed by atoms with E-state index in [0.717, 1.165) is 13.0 Å². The number of nitrogens with zero attached hydrogens (tertiary/aromatic N) is 2. The molecule has 0 aliphatic carbocycles. The topological polar surface area (TPSA) is 96.0 Å². The molecule has 1 heterocycles. The largest absolute Gasteiger partial charge is 0.369 e. The van der Waals surface area contributed by atoms with E-state index in [2.05, 4.69) is 25.9 Å². The number of hydrogen-bond acceptors (Lipinski definition) is 5. The second-order valence-corrected chi connectivity index (χ2v) is 5.36. The molecule has 1 aromatic rings. The van der Waals surface area contributed by atoms with Gasteiger partial charge in [0, 0.05) is 20.1 Å². The summed E-state index contributed by atoms with van der Waals surface area (Å²) in [5.74, 6) is 0.0851. The predicted octanol–water partition coefficient (Wildman–Crippen LogP) is 0.800. The summed E-state index contributed by atoms with van der Waals surface area (Å²) < 4.78 is 0. The van der Waals surface area contributed by atoms with Gasteiger partial charge in [-0.15, -0.1) is 0 Å². The highest BCUT2D eigenvalue weighted by molar-refractivity contribution is 5.93. The van der Waals surface area contributed by atoms with Gasteiger partial charge in [0.2, 0.25) is 5.91 Å². The van der Waals surface area contributed by atoms with E-state index in [1.807, 2.05) is 6.92 Å². The average molecular weight is 293 g/mol. The fourth-order valence-electron chi connectivity index (χ4n) is 1.62. The summed E-state index contributed by atoms with van der Waals surface area (Å²) in [7, 11) is 1.57. The fraction of sp³-hybridized carbons (Fsp3) is 0.571. The van der Waals surface area contributed by atoms with Crippen molar-refractivity contribution in [1.29, 1.82) is 0 Å². The summed E-state index contributed by atoms with van der Waals surface area (Å²) >= 11 is 0. The van der Waals surface area contributed by atoms with Crippen molar-refractivity contribution in [2.24, 2.45) is 5.41 Å². The normalized spacial score (nSPS) is 10.9. The summed E-state index contributed by atoms with van der Waals surface area (Å²) in [6.45, 7) is 6.55. The zero-order valence-corrected chi connectivity index (χ0v) is 13.0. The van der Waals surface area contributed by atoms with Gasteiger partial charge in [0.15, 0.2) is 0 Å². The molecule has 0 saturated heterocycles. The Balaban J connectivity index is 2.65. The molecule has 7 nitrogen and oxygen atoms in total. The molecule has 0 saturated carbocycles. The minimum Gasteiger partial charge on any atom is -0.369 e. The van der Waals surface area contributed by atoms with Crippen LogP contribution in [-0.2, 0) is 4.79 Å². The molecule has 0 atom stereocenters. The first-order valence-electron chi connectivity index (χ1n) is 6.97. The van der Waals surface area contributed by atoms with E-state index < -0.39 is 5.41 Å². The van der Waals surface area contributed by atoms with E-state index in [4.69, 9.17) is 0 Å². The van der Waals surface area contributed by atoms with Crippen LogP contribution in [0, 0.1) is 5.41 Å². The highest BCUT2D eigenvalue weighted by Gasteiger charge is 2.27. The minimum absolute atomic E-state index is 0.132. The van der Waals surface area contributed by atoms with Crippen LogP contribution in [0.5, 0.6) is 0 Å². The zero-order chi connectivity index (χ0) is 15.9. The summed E-state index contributed by atoms with van der Waals surface area (Å²) in [4.78, 5) is 31.9. The summed E-state index contributed by atoms with van der Waals surface area (Å²) in [6.07, 6.45) is 3.93. The molecular formula is C14H23N5O2. The monoisotopic (exact) mass is 293 g/mol. The third kappa shape index (κ3) is 5.02. The van der Waals surface area contributed by atoms with Gasteiger partial charge in [-0.05, 0) is 20.3 Å². The Bertz CT molecular complexity index is 502. The first kappa shape index (κ1) is 16.9. The Hall–Kier alpha value is -2.18. The predicted molar refractivity (Wildman–Crippen MR) is 81.0 cm³/mol. The molecule has 1 rings (SSSR count). The number of anilines is 1. The number of carbonyl (C=O) groups is 2. The number of rotatable bonds is 7. The Labute approximate surface area is 124 Å². The second-order valence-electron chi connectivity index (χ2n) is 5.36. The van der Waals surface area contributed by atoms with E-state index in [1.54, 1.807) is 27.1 Å². The molecule has 1 aromatic heterocycles. The molecule has 0 fully saturated rings. The van der Waals surface area contributed by atoms with Crippen molar-refractivity contribution in [2.45, 2.75) is 27.2 Å². The molecule has 0 aromatic carbocycles. The van der Waals surface area contributed by atoms with Gasteiger partial charge in [-0.1, -0.05) is 6.92 Å². The zero-order valence-electron chi connectivity index (χ0n) is 13.0. The van der Waals surface area contributed by atoms with Crippen molar-refractivity contribution >= 4 is 17.6 Å². The summed E-state index contributed by atoms with van der Waals surface area (Å²) in [5, 5.41) is 8.35. The van der Waals surface area contributed by atoms with Crippen LogP contribution in [0.1, 0.15) is 37.7 Å². The van der Waals surface area contributed by atoms with Gasteiger partial charge in [-0.3, -0.25) is 14.6 Å². The number of aromatic nitrogens is 2. The fourth-order valence-corrected chi connectivity index (χ4v) is 1.62. The van der Waals surface area contributed by atoms with Gasteiger partial charge in [-0.2, -0.15) is 0 Å². The number of carbonyl (C=O) groups excluding carboxylic acids is 2. The van der Waals surface area contributed by atoms with E-state index in [1.165, 1.54) is 6.20 Å². The molecule has 0 unspecified atom stereocenters. The summed E-state index contributed by atoms with van der Waals surface area (Å²) in [5.41, 5.74) is -0.459. The maximum absolute atomic E-state index is 12.1. The molecule has 0 bridgehead atoms. The molecule has 21 heavy (non-hydrogen) atoms. The third-order valence-corrected chi connectivity index (χ3v) is 2.96. The standard InChI is InChI=1S/C14H23N5O2/c1-5-6-17-11-8-16-7-10(19-11)12(20)18-9-14(2,3)13(21)15-4/h7-8H,5-6,9H2,1-4H3,(H,15,21)(H,17,19)(H,18,20). The first-order chi connectivity index (χ1) is 9.90. The minimum atomic E-state index is -0.685. The van der Waals surface area contributed by atoms with Crippen LogP contribution in [0.15, 0.2) is 12.4 Å². The van der Waals surface area contributed by atoms with Crippen LogP contribution in [0.4, 0.5) is 5.82 Å². The number of nitrogens with one attached hydrogen (secondary N) is 3. The molecule has 7 heteroatoms. The highest BCUT2D eigenvalue weighted by Crippen LogP contribution is 2.13. The first-order valence-corrected chi connectivity index (χ1v) is 6.97. The average Bonchev–Trinajstić information content (AvgIpc) is 2.50. The maximum atomic E-state index is 12.1. The smallest absolute Gasteiger partial charge is 0.271 e. The maximum Gasteiger partial charge on any atom is 0.271 e. The quantitative estimate of drug-likeness (QED) is 0.691. The van der Waals surface area contributed by atoms with Crippen molar-refractivity contribution in [3.63, 3.8) is 0 Å². The van der Waals surface area contributed by atoms with Crippen LogP contribution >= 0.6 is 0 Å². The Morgan fingerprint density at radius 1 is 1.29 bits per heavy atom. The lowest BCUT2D eigenvalue weighted by Gasteiger charge is -2.22. The molecule has 0 aliphatic heterocycles. The van der Waals surface area contributed by atoms with E-state index in [9.17, 15) is 9.59 Å². The van der Waals surface area contributed by atoms with Gasteiger partial charge in [0.05, 0.1) is 17.8 Å². The molecular weight excluding hydrogens is 270 g/mol. The SMILES string of the molecule is CCCNc1cncc(C(=O)NCC(C)(C)C(=O)NC)n1. The van der Waals surface area contributed by atoms with Gasteiger partial charge >= 0.3 is 0 Å². The highest BCUT2D eigenvalue weighted by atomic mass is 16.2. The number of hydrogen-bond donors (Lipinski definition) is 3. The van der Waals surface area contributed by atoms with Gasteiger partial charge in [-0.25, -0.2) is 4.98 Å². The van der Waals surface area contributed by atoms with Gasteiger partial charge < -0.3 is 16.0 Å². The molecule has 0 aliphatic rings. The molecule has 0 spiro atoms. The summed E-state index contributed by atoms with van der Waals surface area (Å²) in [6, 6.07) is 0. The number of amides is 2. The van der Waals surface area contributed by atoms with E-state index in [0.29, 0.717) is 5.82 Å². The Kier molecular flexibility index (Phi) is 6.08. The third-order valence-electron chi connectivity index (χ3n) is 2.96. The van der Waals surface area contributed by atoms with Gasteiger partial charge in [0.25, 0.3) is 5.91 Å². The van der Waals surface area contributed by atoms with Crippen molar-refractivity contribution < 1.29 is 9.59 Å². The van der Waals surface area contributed by atoms with E-state index in [-0.39, 0.29) is 24.1 Å². The Morgan fingerprint density at radius 2 is 2.00 bits per heavy atom. The van der Waals surface area contributed by atoms with Crippen LogP contribution in [0.25, 0.3) is 0 Å². The van der Waals surface area contributed by atoms with Crippen molar-refractivity contribution in [1.82, 2.24) is 20.6 Å². The lowest BCUT2D eigenvalue weighted by atomic mass is 9.92.